The van der Waals surface area contributed by atoms with Crippen molar-refractivity contribution in [2.75, 3.05) is 4.72 Å². The van der Waals surface area contributed by atoms with E-state index >= 15 is 0 Å². The van der Waals surface area contributed by atoms with Gasteiger partial charge in [0.15, 0.2) is 0 Å². The van der Waals surface area contributed by atoms with Crippen LogP contribution in [0.4, 0.5) is 5.69 Å². The molecule has 1 saturated carbocycles. The number of carbonyl (C=O) groups excluding carboxylic acids is 1. The molecule has 7 heteroatoms. The first-order valence-electron chi connectivity index (χ1n) is 7.55. The molecule has 0 atom stereocenters. The highest BCUT2D eigenvalue weighted by Gasteiger charge is 2.24. The van der Waals surface area contributed by atoms with E-state index in [0.717, 1.165) is 12.8 Å². The van der Waals surface area contributed by atoms with Crippen LogP contribution in [0.15, 0.2) is 47.4 Å². The summed E-state index contributed by atoms with van der Waals surface area (Å²) in [6.45, 7) is 1.77. The highest BCUT2D eigenvalue weighted by molar-refractivity contribution is 7.92. The van der Waals surface area contributed by atoms with Gasteiger partial charge < -0.3 is 5.32 Å². The zero-order valence-electron chi connectivity index (χ0n) is 13.0. The van der Waals surface area contributed by atoms with Crippen LogP contribution in [0.2, 0.25) is 5.02 Å². The van der Waals surface area contributed by atoms with E-state index in [1.54, 1.807) is 37.3 Å². The van der Waals surface area contributed by atoms with Gasteiger partial charge in [-0.05, 0) is 61.7 Å². The van der Waals surface area contributed by atoms with Crippen molar-refractivity contribution in [1.82, 2.24) is 5.32 Å². The van der Waals surface area contributed by atoms with E-state index in [4.69, 9.17) is 11.6 Å². The minimum absolute atomic E-state index is 0.0419. The van der Waals surface area contributed by atoms with Crippen molar-refractivity contribution >= 4 is 33.2 Å². The summed E-state index contributed by atoms with van der Waals surface area (Å²) in [7, 11) is -3.79. The van der Waals surface area contributed by atoms with Crippen LogP contribution in [0.25, 0.3) is 0 Å². The Hall–Kier alpha value is -2.05. The summed E-state index contributed by atoms with van der Waals surface area (Å²) < 4.78 is 27.7. The summed E-state index contributed by atoms with van der Waals surface area (Å²) in [6.07, 6.45) is 1.95. The lowest BCUT2D eigenvalue weighted by atomic mass is 10.2. The van der Waals surface area contributed by atoms with Gasteiger partial charge in [0.25, 0.3) is 15.9 Å². The van der Waals surface area contributed by atoms with Crippen LogP contribution in [0.5, 0.6) is 0 Å². The standard InChI is InChI=1S/C17H17ClN2O3S/c1-11-9-13(18)5-8-16(11)20-24(22,23)15-4-2-3-12(10-15)17(21)19-14-6-7-14/h2-5,8-10,14,20H,6-7H2,1H3,(H,19,21). The number of halogens is 1. The zero-order chi connectivity index (χ0) is 17.3. The maximum absolute atomic E-state index is 12.6. The minimum atomic E-state index is -3.79. The fourth-order valence-corrected chi connectivity index (χ4v) is 3.65. The van der Waals surface area contributed by atoms with Gasteiger partial charge in [0.05, 0.1) is 10.6 Å². The Labute approximate surface area is 146 Å². The molecule has 0 unspecified atom stereocenters. The zero-order valence-corrected chi connectivity index (χ0v) is 14.6. The summed E-state index contributed by atoms with van der Waals surface area (Å²) in [5, 5.41) is 3.38. The highest BCUT2D eigenvalue weighted by atomic mass is 35.5. The van der Waals surface area contributed by atoms with Crippen LogP contribution in [-0.2, 0) is 10.0 Å². The number of amides is 1. The van der Waals surface area contributed by atoms with Gasteiger partial charge in [0, 0.05) is 16.6 Å². The van der Waals surface area contributed by atoms with Gasteiger partial charge in [-0.1, -0.05) is 17.7 Å². The Kier molecular flexibility index (Phi) is 4.51. The quantitative estimate of drug-likeness (QED) is 0.854. The molecule has 0 bridgehead atoms. The van der Waals surface area contributed by atoms with Crippen molar-refractivity contribution < 1.29 is 13.2 Å². The molecule has 0 spiro atoms. The second kappa shape index (κ2) is 6.45. The number of sulfonamides is 1. The Morgan fingerprint density at radius 2 is 1.92 bits per heavy atom. The van der Waals surface area contributed by atoms with Gasteiger partial charge in [0.1, 0.15) is 0 Å². The number of carbonyl (C=O) groups is 1. The Balaban J connectivity index is 1.84. The van der Waals surface area contributed by atoms with E-state index in [2.05, 4.69) is 10.0 Å². The lowest BCUT2D eigenvalue weighted by Gasteiger charge is -2.12. The average molecular weight is 365 g/mol. The third-order valence-electron chi connectivity index (χ3n) is 3.75. The van der Waals surface area contributed by atoms with Crippen molar-refractivity contribution in [3.05, 3.63) is 58.6 Å². The van der Waals surface area contributed by atoms with Crippen LogP contribution in [-0.4, -0.2) is 20.4 Å². The first-order chi connectivity index (χ1) is 11.3. The van der Waals surface area contributed by atoms with E-state index in [1.165, 1.54) is 12.1 Å². The van der Waals surface area contributed by atoms with Crippen LogP contribution >= 0.6 is 11.6 Å². The number of hydrogen-bond donors (Lipinski definition) is 2. The maximum atomic E-state index is 12.6. The molecular weight excluding hydrogens is 348 g/mol. The van der Waals surface area contributed by atoms with Crippen molar-refractivity contribution in [2.45, 2.75) is 30.7 Å². The molecule has 1 fully saturated rings. The van der Waals surface area contributed by atoms with Crippen LogP contribution in [0.1, 0.15) is 28.8 Å². The van der Waals surface area contributed by atoms with Crippen LogP contribution in [0, 0.1) is 6.92 Å². The molecule has 2 aromatic rings. The molecule has 5 nitrogen and oxygen atoms in total. The number of nitrogens with one attached hydrogen (secondary N) is 2. The van der Waals surface area contributed by atoms with Gasteiger partial charge in [0.2, 0.25) is 0 Å². The minimum Gasteiger partial charge on any atom is -0.349 e. The Morgan fingerprint density at radius 1 is 1.17 bits per heavy atom. The molecule has 2 aromatic carbocycles. The predicted molar refractivity (Wildman–Crippen MR) is 93.9 cm³/mol. The molecule has 1 aliphatic carbocycles. The molecule has 1 aliphatic rings. The van der Waals surface area contributed by atoms with Gasteiger partial charge in [-0.25, -0.2) is 8.42 Å². The largest absolute Gasteiger partial charge is 0.349 e. The molecule has 0 saturated heterocycles. The van der Waals surface area contributed by atoms with E-state index in [1.807, 2.05) is 0 Å². The topological polar surface area (TPSA) is 75.3 Å². The van der Waals surface area contributed by atoms with Crippen molar-refractivity contribution in [3.8, 4) is 0 Å². The lowest BCUT2D eigenvalue weighted by molar-refractivity contribution is 0.0951. The van der Waals surface area contributed by atoms with Gasteiger partial charge >= 0.3 is 0 Å². The second-order valence-corrected chi connectivity index (χ2v) is 7.96. The summed E-state index contributed by atoms with van der Waals surface area (Å²) >= 11 is 5.89. The van der Waals surface area contributed by atoms with Crippen LogP contribution in [0.3, 0.4) is 0 Å². The number of hydrogen-bond acceptors (Lipinski definition) is 3. The van der Waals surface area contributed by atoms with Gasteiger partial charge in [-0.15, -0.1) is 0 Å². The number of anilines is 1. The van der Waals surface area contributed by atoms with Gasteiger partial charge in [-0.3, -0.25) is 9.52 Å². The second-order valence-electron chi connectivity index (χ2n) is 5.84. The molecule has 1 amide bonds. The third kappa shape index (κ3) is 3.88. The van der Waals surface area contributed by atoms with E-state index in [0.29, 0.717) is 21.8 Å². The molecule has 3 rings (SSSR count). The molecular formula is C17H17ClN2O3S. The summed E-state index contributed by atoms with van der Waals surface area (Å²) in [5.74, 6) is -0.253. The molecule has 0 aliphatic heterocycles. The highest BCUT2D eigenvalue weighted by Crippen LogP contribution is 2.24. The molecule has 0 heterocycles. The average Bonchev–Trinajstić information content (AvgIpc) is 3.34. The lowest BCUT2D eigenvalue weighted by Crippen LogP contribution is -2.25. The first kappa shape index (κ1) is 16.8. The van der Waals surface area contributed by atoms with E-state index in [-0.39, 0.29) is 16.8 Å². The predicted octanol–water partition coefficient (Wildman–Crippen LogP) is 3.34. The molecule has 0 radical (unpaired) electrons. The maximum Gasteiger partial charge on any atom is 0.261 e. The Morgan fingerprint density at radius 3 is 2.58 bits per heavy atom. The molecule has 24 heavy (non-hydrogen) atoms. The third-order valence-corrected chi connectivity index (χ3v) is 5.35. The fraction of sp³-hybridized carbons (Fsp3) is 0.235. The van der Waals surface area contributed by atoms with Crippen molar-refractivity contribution in [3.63, 3.8) is 0 Å². The molecule has 126 valence electrons. The summed E-state index contributed by atoms with van der Waals surface area (Å²) in [6, 6.07) is 11.1. The van der Waals surface area contributed by atoms with Crippen LogP contribution < -0.4 is 10.0 Å². The number of rotatable bonds is 5. The van der Waals surface area contributed by atoms with Crippen molar-refractivity contribution in [1.29, 1.82) is 0 Å². The Bertz CT molecular complexity index is 892. The van der Waals surface area contributed by atoms with E-state index in [9.17, 15) is 13.2 Å². The molecule has 0 aromatic heterocycles. The van der Waals surface area contributed by atoms with Crippen molar-refractivity contribution in [2.24, 2.45) is 0 Å². The summed E-state index contributed by atoms with van der Waals surface area (Å²) in [4.78, 5) is 12.1. The normalized spacial score (nSPS) is 14.2. The monoisotopic (exact) mass is 364 g/mol. The smallest absolute Gasteiger partial charge is 0.261 e. The SMILES string of the molecule is Cc1cc(Cl)ccc1NS(=O)(=O)c1cccc(C(=O)NC2CC2)c1. The van der Waals surface area contributed by atoms with E-state index < -0.39 is 10.0 Å². The number of benzene rings is 2. The first-order valence-corrected chi connectivity index (χ1v) is 9.41. The number of aryl methyl sites for hydroxylation is 1. The summed E-state index contributed by atoms with van der Waals surface area (Å²) in [5.41, 5.74) is 1.50. The molecule has 2 N–H and O–H groups in total. The van der Waals surface area contributed by atoms with Gasteiger partial charge in [-0.2, -0.15) is 0 Å². The fourth-order valence-electron chi connectivity index (χ4n) is 2.25.